The van der Waals surface area contributed by atoms with Gasteiger partial charge in [0.15, 0.2) is 0 Å². The van der Waals surface area contributed by atoms with Crippen LogP contribution >= 0.6 is 0 Å². The van der Waals surface area contributed by atoms with E-state index in [9.17, 15) is 9.18 Å². The van der Waals surface area contributed by atoms with Gasteiger partial charge in [-0.25, -0.2) is 4.39 Å². The molecule has 4 rings (SSSR count). The fourth-order valence-electron chi connectivity index (χ4n) is 4.96. The summed E-state index contributed by atoms with van der Waals surface area (Å²) >= 11 is 0. The number of carbonyl (C=O) groups excluding carboxylic acids is 1. The number of pyridine rings is 1. The molecule has 28 heavy (non-hydrogen) atoms. The van der Waals surface area contributed by atoms with E-state index in [1.807, 2.05) is 31.2 Å². The molecule has 1 aliphatic carbocycles. The first kappa shape index (κ1) is 18.9. The molecular formula is C24H26FNO2. The molecule has 0 amide bonds. The second kappa shape index (κ2) is 7.86. The zero-order valence-corrected chi connectivity index (χ0v) is 16.3. The van der Waals surface area contributed by atoms with Gasteiger partial charge in [0, 0.05) is 23.2 Å². The highest BCUT2D eigenvalue weighted by molar-refractivity contribution is 5.75. The van der Waals surface area contributed by atoms with Gasteiger partial charge in [-0.05, 0) is 49.8 Å². The molecule has 1 aromatic carbocycles. The van der Waals surface area contributed by atoms with Crippen LogP contribution in [-0.4, -0.2) is 17.1 Å². The van der Waals surface area contributed by atoms with Crippen LogP contribution in [0.15, 0.2) is 48.7 Å². The number of halogens is 1. The van der Waals surface area contributed by atoms with Crippen LogP contribution < -0.4 is 0 Å². The molecule has 1 saturated heterocycles. The summed E-state index contributed by atoms with van der Waals surface area (Å²) in [7, 11) is 0. The fraction of sp³-hybridized carbons (Fsp3) is 0.417. The molecule has 0 radical (unpaired) electrons. The first-order valence-electron chi connectivity index (χ1n) is 10.2. The van der Waals surface area contributed by atoms with Crippen LogP contribution in [0.2, 0.25) is 0 Å². The number of nitrogens with zero attached hydrogens (tertiary/aromatic N) is 1. The van der Waals surface area contributed by atoms with Crippen molar-refractivity contribution < 1.29 is 13.9 Å². The molecule has 146 valence electrons. The predicted molar refractivity (Wildman–Crippen MR) is 108 cm³/mol. The monoisotopic (exact) mass is 379 g/mol. The third kappa shape index (κ3) is 3.48. The predicted octanol–water partition coefficient (Wildman–Crippen LogP) is 5.51. The molecule has 1 saturated carbocycles. The molecule has 0 spiro atoms. The summed E-state index contributed by atoms with van der Waals surface area (Å²) in [6, 6.07) is 10.5. The molecule has 0 N–H and O–H groups in total. The average Bonchev–Trinajstić information content (AvgIpc) is 3.01. The summed E-state index contributed by atoms with van der Waals surface area (Å²) < 4.78 is 19.5. The molecule has 0 bridgehead atoms. The van der Waals surface area contributed by atoms with Gasteiger partial charge in [-0.15, -0.1) is 0 Å². The molecule has 2 aliphatic rings. The van der Waals surface area contributed by atoms with Crippen molar-refractivity contribution in [2.75, 3.05) is 0 Å². The van der Waals surface area contributed by atoms with E-state index in [1.165, 1.54) is 6.07 Å². The van der Waals surface area contributed by atoms with E-state index in [1.54, 1.807) is 18.3 Å². The van der Waals surface area contributed by atoms with E-state index in [0.29, 0.717) is 17.4 Å². The van der Waals surface area contributed by atoms with E-state index in [2.05, 4.69) is 18.0 Å². The van der Waals surface area contributed by atoms with Crippen molar-refractivity contribution in [1.82, 2.24) is 4.98 Å². The minimum Gasteiger partial charge on any atom is -0.462 e. The molecule has 2 heterocycles. The first-order chi connectivity index (χ1) is 13.6. The minimum absolute atomic E-state index is 0.0297. The fourth-order valence-corrected chi connectivity index (χ4v) is 4.96. The van der Waals surface area contributed by atoms with Crippen molar-refractivity contribution >= 4 is 12.0 Å². The number of hydrogen-bond donors (Lipinski definition) is 0. The maximum atomic E-state index is 14.0. The standard InChI is InChI=1S/C24H26FNO2/c1-3-16-9-12-21-23(15(2)28-24(21)27)20(16)13-11-18-10-8-17(14-26-18)19-6-4-5-7-22(19)25/h4-8,10-11,13-16,20-21,23H,3,9,12H2,1-2H3/b13-11+/t15-,16?,20?,21?,23?/m1/s1. The molecule has 4 heteroatoms. The number of esters is 1. The van der Waals surface area contributed by atoms with Gasteiger partial charge < -0.3 is 4.74 Å². The maximum absolute atomic E-state index is 14.0. The molecule has 2 aromatic rings. The number of allylic oxidation sites excluding steroid dienone is 1. The van der Waals surface area contributed by atoms with Crippen molar-refractivity contribution in [2.24, 2.45) is 23.7 Å². The minimum atomic E-state index is -0.244. The first-order valence-corrected chi connectivity index (χ1v) is 10.2. The Hall–Kier alpha value is -2.49. The number of carbonyl (C=O) groups is 1. The highest BCUT2D eigenvalue weighted by atomic mass is 19.1. The molecule has 3 nitrogen and oxygen atoms in total. The lowest BCUT2D eigenvalue weighted by atomic mass is 9.65. The third-order valence-electron chi connectivity index (χ3n) is 6.43. The molecule has 1 aliphatic heterocycles. The smallest absolute Gasteiger partial charge is 0.309 e. The van der Waals surface area contributed by atoms with Gasteiger partial charge in [0.05, 0.1) is 11.6 Å². The quantitative estimate of drug-likeness (QED) is 0.657. The van der Waals surface area contributed by atoms with Crippen molar-refractivity contribution in [1.29, 1.82) is 0 Å². The summed E-state index contributed by atoms with van der Waals surface area (Å²) in [4.78, 5) is 16.6. The maximum Gasteiger partial charge on any atom is 0.309 e. The Kier molecular flexibility index (Phi) is 5.29. The molecule has 1 aromatic heterocycles. The van der Waals surface area contributed by atoms with Crippen molar-refractivity contribution in [3.05, 3.63) is 60.2 Å². The van der Waals surface area contributed by atoms with Crippen molar-refractivity contribution in [3.63, 3.8) is 0 Å². The number of cyclic esters (lactones) is 1. The number of ether oxygens (including phenoxy) is 1. The second-order valence-corrected chi connectivity index (χ2v) is 7.96. The van der Waals surface area contributed by atoms with Crippen LogP contribution in [0.5, 0.6) is 0 Å². The summed E-state index contributed by atoms with van der Waals surface area (Å²) in [5.41, 5.74) is 2.17. The van der Waals surface area contributed by atoms with Crippen LogP contribution in [0, 0.1) is 29.5 Å². The average molecular weight is 379 g/mol. The highest BCUT2D eigenvalue weighted by Gasteiger charge is 2.49. The van der Waals surface area contributed by atoms with Gasteiger partial charge in [-0.2, -0.15) is 0 Å². The number of hydrogen-bond acceptors (Lipinski definition) is 3. The van der Waals surface area contributed by atoms with Gasteiger partial charge in [-0.1, -0.05) is 43.7 Å². The van der Waals surface area contributed by atoms with Gasteiger partial charge in [0.2, 0.25) is 0 Å². The number of rotatable bonds is 4. The van der Waals surface area contributed by atoms with Crippen LogP contribution in [0.25, 0.3) is 17.2 Å². The normalized spacial score (nSPS) is 29.7. The van der Waals surface area contributed by atoms with Crippen molar-refractivity contribution in [2.45, 2.75) is 39.2 Å². The van der Waals surface area contributed by atoms with E-state index < -0.39 is 0 Å². The molecule has 2 fully saturated rings. The number of fused-ring (bicyclic) bond motifs is 1. The Labute approximate surface area is 165 Å². The second-order valence-electron chi connectivity index (χ2n) is 7.96. The lowest BCUT2D eigenvalue weighted by Gasteiger charge is -2.37. The third-order valence-corrected chi connectivity index (χ3v) is 6.43. The van der Waals surface area contributed by atoms with E-state index in [0.717, 1.165) is 30.5 Å². The number of aromatic nitrogens is 1. The zero-order chi connectivity index (χ0) is 19.7. The van der Waals surface area contributed by atoms with Crippen LogP contribution in [0.3, 0.4) is 0 Å². The Morgan fingerprint density at radius 1 is 1.21 bits per heavy atom. The number of benzene rings is 1. The Balaban J connectivity index is 1.55. The zero-order valence-electron chi connectivity index (χ0n) is 16.3. The molecule has 4 unspecified atom stereocenters. The largest absolute Gasteiger partial charge is 0.462 e. The van der Waals surface area contributed by atoms with E-state index in [-0.39, 0.29) is 29.7 Å². The van der Waals surface area contributed by atoms with E-state index in [4.69, 9.17) is 4.74 Å². The lowest BCUT2D eigenvalue weighted by Crippen LogP contribution is -2.36. The van der Waals surface area contributed by atoms with Gasteiger partial charge in [0.1, 0.15) is 11.9 Å². The lowest BCUT2D eigenvalue weighted by molar-refractivity contribution is -0.144. The summed E-state index contributed by atoms with van der Waals surface area (Å²) in [5, 5.41) is 0. The Morgan fingerprint density at radius 2 is 2.04 bits per heavy atom. The SMILES string of the molecule is CCC1CCC2C(=O)O[C@H](C)C2C1/C=C/c1ccc(-c2ccccc2F)cn1. The summed E-state index contributed by atoms with van der Waals surface area (Å²) in [6.45, 7) is 4.23. The summed E-state index contributed by atoms with van der Waals surface area (Å²) in [6.07, 6.45) is 9.03. The Bertz CT molecular complexity index is 876. The van der Waals surface area contributed by atoms with Gasteiger partial charge >= 0.3 is 5.97 Å². The van der Waals surface area contributed by atoms with Crippen molar-refractivity contribution in [3.8, 4) is 11.1 Å². The van der Waals surface area contributed by atoms with Gasteiger partial charge in [0.25, 0.3) is 0 Å². The van der Waals surface area contributed by atoms with Crippen LogP contribution in [0.1, 0.15) is 38.8 Å². The van der Waals surface area contributed by atoms with Crippen LogP contribution in [-0.2, 0) is 9.53 Å². The Morgan fingerprint density at radius 3 is 2.75 bits per heavy atom. The molecule has 5 atom stereocenters. The highest BCUT2D eigenvalue weighted by Crippen LogP contribution is 2.47. The summed E-state index contributed by atoms with van der Waals surface area (Å²) in [5.74, 6) is 0.888. The topological polar surface area (TPSA) is 39.2 Å². The van der Waals surface area contributed by atoms with E-state index >= 15 is 0 Å². The molecular weight excluding hydrogens is 353 g/mol. The van der Waals surface area contributed by atoms with Crippen LogP contribution in [0.4, 0.5) is 4.39 Å². The van der Waals surface area contributed by atoms with Gasteiger partial charge in [-0.3, -0.25) is 9.78 Å².